The van der Waals surface area contributed by atoms with Crippen LogP contribution in [0, 0.1) is 0 Å². The summed E-state index contributed by atoms with van der Waals surface area (Å²) in [5, 5.41) is 0. The van der Waals surface area contributed by atoms with Crippen molar-refractivity contribution < 1.29 is 9.53 Å². The van der Waals surface area contributed by atoms with Gasteiger partial charge in [-0.25, -0.2) is 0 Å². The van der Waals surface area contributed by atoms with E-state index < -0.39 is 0 Å². The van der Waals surface area contributed by atoms with Gasteiger partial charge in [0.15, 0.2) is 0 Å². The number of ether oxygens (including phenoxy) is 1. The summed E-state index contributed by atoms with van der Waals surface area (Å²) in [6, 6.07) is 8.50. The smallest absolute Gasteiger partial charge is 0.222 e. The van der Waals surface area contributed by atoms with Gasteiger partial charge in [0.1, 0.15) is 5.75 Å². The Bertz CT molecular complexity index is 459. The molecule has 0 aromatic heterocycles. The predicted molar refractivity (Wildman–Crippen MR) is 89.0 cm³/mol. The summed E-state index contributed by atoms with van der Waals surface area (Å²) in [7, 11) is 1.68. The molecule has 122 valence electrons. The van der Waals surface area contributed by atoms with Crippen molar-refractivity contribution in [3.8, 4) is 5.75 Å². The maximum Gasteiger partial charge on any atom is 0.222 e. The van der Waals surface area contributed by atoms with Gasteiger partial charge < -0.3 is 15.4 Å². The Hall–Kier alpha value is -1.55. The Labute approximate surface area is 133 Å². The number of hydrogen-bond donors (Lipinski definition) is 1. The number of likely N-dealkylation sites (tertiary alicyclic amines) is 1. The van der Waals surface area contributed by atoms with Crippen LogP contribution in [-0.4, -0.2) is 37.0 Å². The molecule has 0 saturated carbocycles. The number of nitrogens with two attached hydrogens (primary N) is 1. The number of carbonyl (C=O) groups excluding carboxylic acids is 1. The Balaban J connectivity index is 1.61. The minimum Gasteiger partial charge on any atom is -0.497 e. The quantitative estimate of drug-likeness (QED) is 0.751. The van der Waals surface area contributed by atoms with E-state index in [0.717, 1.165) is 50.8 Å². The number of aryl methyl sites for hydroxylation is 1. The van der Waals surface area contributed by atoms with Crippen LogP contribution in [0.4, 0.5) is 0 Å². The van der Waals surface area contributed by atoms with E-state index in [4.69, 9.17) is 10.5 Å². The number of unbranched alkanes of at least 4 members (excludes halogenated alkanes) is 2. The lowest BCUT2D eigenvalue weighted by Crippen LogP contribution is -2.39. The summed E-state index contributed by atoms with van der Waals surface area (Å²) in [5.41, 5.74) is 7.05. The molecule has 2 rings (SSSR count). The SMILES string of the molecule is COc1ccc(CCCCCC(=O)N2CCCC2CN)cc1. The van der Waals surface area contributed by atoms with Crippen molar-refractivity contribution in [2.45, 2.75) is 51.0 Å². The van der Waals surface area contributed by atoms with Crippen LogP contribution >= 0.6 is 0 Å². The van der Waals surface area contributed by atoms with Crippen LogP contribution in [0.2, 0.25) is 0 Å². The van der Waals surface area contributed by atoms with Crippen molar-refractivity contribution in [1.82, 2.24) is 4.90 Å². The van der Waals surface area contributed by atoms with E-state index in [9.17, 15) is 4.79 Å². The lowest BCUT2D eigenvalue weighted by molar-refractivity contribution is -0.131. The van der Waals surface area contributed by atoms with Gasteiger partial charge in [0.05, 0.1) is 7.11 Å². The largest absolute Gasteiger partial charge is 0.497 e. The van der Waals surface area contributed by atoms with Crippen molar-refractivity contribution in [2.75, 3.05) is 20.2 Å². The Morgan fingerprint density at radius 2 is 2.05 bits per heavy atom. The fourth-order valence-electron chi connectivity index (χ4n) is 3.13. The van der Waals surface area contributed by atoms with Crippen LogP contribution in [0.3, 0.4) is 0 Å². The molecule has 4 nitrogen and oxygen atoms in total. The molecule has 22 heavy (non-hydrogen) atoms. The maximum absolute atomic E-state index is 12.2. The lowest BCUT2D eigenvalue weighted by atomic mass is 10.1. The van der Waals surface area contributed by atoms with Gasteiger partial charge in [-0.2, -0.15) is 0 Å². The number of carbonyl (C=O) groups is 1. The Morgan fingerprint density at radius 1 is 1.27 bits per heavy atom. The Morgan fingerprint density at radius 3 is 2.73 bits per heavy atom. The second-order valence-corrected chi connectivity index (χ2v) is 6.03. The van der Waals surface area contributed by atoms with E-state index in [-0.39, 0.29) is 11.9 Å². The van der Waals surface area contributed by atoms with E-state index in [2.05, 4.69) is 12.1 Å². The van der Waals surface area contributed by atoms with Crippen LogP contribution in [-0.2, 0) is 11.2 Å². The monoisotopic (exact) mass is 304 g/mol. The molecular weight excluding hydrogens is 276 g/mol. The molecule has 1 amide bonds. The lowest BCUT2D eigenvalue weighted by Gasteiger charge is -2.23. The second-order valence-electron chi connectivity index (χ2n) is 6.03. The molecule has 1 aliphatic rings. The van der Waals surface area contributed by atoms with Crippen LogP contribution in [0.5, 0.6) is 5.75 Å². The fraction of sp³-hybridized carbons (Fsp3) is 0.611. The fourth-order valence-corrected chi connectivity index (χ4v) is 3.13. The Kier molecular flexibility index (Phi) is 6.72. The highest BCUT2D eigenvalue weighted by Gasteiger charge is 2.26. The average Bonchev–Trinajstić information content (AvgIpc) is 3.03. The van der Waals surface area contributed by atoms with Gasteiger partial charge in [-0.1, -0.05) is 18.6 Å². The highest BCUT2D eigenvalue weighted by atomic mass is 16.5. The van der Waals surface area contributed by atoms with Gasteiger partial charge in [0.25, 0.3) is 0 Å². The first-order chi connectivity index (χ1) is 10.7. The van der Waals surface area contributed by atoms with Crippen molar-refractivity contribution >= 4 is 5.91 Å². The average molecular weight is 304 g/mol. The molecule has 0 aliphatic carbocycles. The number of hydrogen-bond acceptors (Lipinski definition) is 3. The molecule has 4 heteroatoms. The highest BCUT2D eigenvalue weighted by molar-refractivity contribution is 5.76. The second kappa shape index (κ2) is 8.79. The third-order valence-corrected chi connectivity index (χ3v) is 4.48. The zero-order chi connectivity index (χ0) is 15.8. The number of methoxy groups -OCH3 is 1. The minimum absolute atomic E-state index is 0.284. The van der Waals surface area contributed by atoms with Crippen LogP contribution in [0.25, 0.3) is 0 Å². The topological polar surface area (TPSA) is 55.6 Å². The minimum atomic E-state index is 0.284. The van der Waals surface area contributed by atoms with E-state index in [1.165, 1.54) is 5.56 Å². The molecule has 1 atom stereocenters. The van der Waals surface area contributed by atoms with Crippen molar-refractivity contribution in [2.24, 2.45) is 5.73 Å². The summed E-state index contributed by atoms with van der Waals surface area (Å²) >= 11 is 0. The van der Waals surface area contributed by atoms with Crippen molar-refractivity contribution in [1.29, 1.82) is 0 Å². The van der Waals surface area contributed by atoms with Gasteiger partial charge in [-0.05, 0) is 49.8 Å². The van der Waals surface area contributed by atoms with Gasteiger partial charge in [0.2, 0.25) is 5.91 Å². The summed E-state index contributed by atoms with van der Waals surface area (Å²) in [6.07, 6.45) is 7.10. The van der Waals surface area contributed by atoms with Gasteiger partial charge in [-0.15, -0.1) is 0 Å². The third kappa shape index (κ3) is 4.73. The van der Waals surface area contributed by atoms with E-state index in [1.807, 2.05) is 17.0 Å². The molecule has 2 N–H and O–H groups in total. The molecule has 1 aromatic rings. The van der Waals surface area contributed by atoms with E-state index in [0.29, 0.717) is 13.0 Å². The summed E-state index contributed by atoms with van der Waals surface area (Å²) < 4.78 is 5.15. The summed E-state index contributed by atoms with van der Waals surface area (Å²) in [6.45, 7) is 1.50. The molecule has 1 saturated heterocycles. The van der Waals surface area contributed by atoms with Gasteiger partial charge in [-0.3, -0.25) is 4.79 Å². The summed E-state index contributed by atoms with van der Waals surface area (Å²) in [5.74, 6) is 1.19. The predicted octanol–water partition coefficient (Wildman–Crippen LogP) is 2.75. The molecule has 1 aromatic carbocycles. The van der Waals surface area contributed by atoms with Crippen LogP contribution in [0.1, 0.15) is 44.1 Å². The zero-order valence-electron chi connectivity index (χ0n) is 13.6. The molecule has 1 fully saturated rings. The molecule has 0 spiro atoms. The molecule has 1 heterocycles. The van der Waals surface area contributed by atoms with Crippen LogP contribution < -0.4 is 10.5 Å². The maximum atomic E-state index is 12.2. The van der Waals surface area contributed by atoms with E-state index >= 15 is 0 Å². The highest BCUT2D eigenvalue weighted by Crippen LogP contribution is 2.19. The zero-order valence-corrected chi connectivity index (χ0v) is 13.6. The third-order valence-electron chi connectivity index (χ3n) is 4.48. The van der Waals surface area contributed by atoms with Crippen molar-refractivity contribution in [3.63, 3.8) is 0 Å². The number of rotatable bonds is 8. The van der Waals surface area contributed by atoms with Crippen LogP contribution in [0.15, 0.2) is 24.3 Å². The number of nitrogens with zero attached hydrogens (tertiary/aromatic N) is 1. The number of benzene rings is 1. The number of amides is 1. The van der Waals surface area contributed by atoms with Crippen molar-refractivity contribution in [3.05, 3.63) is 29.8 Å². The first-order valence-electron chi connectivity index (χ1n) is 8.37. The molecule has 1 unspecified atom stereocenters. The normalized spacial score (nSPS) is 17.7. The molecule has 1 aliphatic heterocycles. The molecular formula is C18H28N2O2. The van der Waals surface area contributed by atoms with E-state index in [1.54, 1.807) is 7.11 Å². The first-order valence-corrected chi connectivity index (χ1v) is 8.37. The standard InChI is InChI=1S/C18H28N2O2/c1-22-17-11-9-15(10-12-17)6-3-2-4-8-18(21)20-13-5-7-16(20)14-19/h9-12,16H,2-8,13-14,19H2,1H3. The van der Waals surface area contributed by atoms with Gasteiger partial charge >= 0.3 is 0 Å². The molecule has 0 radical (unpaired) electrons. The first kappa shape index (κ1) is 16.8. The summed E-state index contributed by atoms with van der Waals surface area (Å²) in [4.78, 5) is 14.2. The molecule has 0 bridgehead atoms. The van der Waals surface area contributed by atoms with Gasteiger partial charge in [0, 0.05) is 25.6 Å².